The quantitative estimate of drug-likeness (QED) is 0.125. The molecule has 0 aromatic heterocycles. The Bertz CT molecular complexity index is 1230. The van der Waals surface area contributed by atoms with E-state index in [1.807, 2.05) is 48.5 Å². The molecular weight excluding hydrogens is 527 g/mol. The van der Waals surface area contributed by atoms with Gasteiger partial charge in [-0.2, -0.15) is 0 Å². The van der Waals surface area contributed by atoms with Crippen molar-refractivity contribution in [3.63, 3.8) is 0 Å². The van der Waals surface area contributed by atoms with E-state index < -0.39 is 30.2 Å². The number of fused-ring (bicyclic) bond motifs is 1. The summed E-state index contributed by atoms with van der Waals surface area (Å²) in [5.74, 6) is -0.726. The normalized spacial score (nSPS) is 20.9. The Labute approximate surface area is 217 Å². The molecule has 0 bridgehead atoms. The van der Waals surface area contributed by atoms with Crippen LogP contribution in [0.4, 0.5) is 0 Å². The smallest absolute Gasteiger partial charge is 0.476 e. The number of allylic oxidation sites excluding steroid dienone is 1. The lowest BCUT2D eigenvalue weighted by atomic mass is 10.1. The Hall–Kier alpha value is -2.78. The summed E-state index contributed by atoms with van der Waals surface area (Å²) in [7, 11) is 0. The van der Waals surface area contributed by atoms with E-state index in [-0.39, 0.29) is 31.3 Å². The molecule has 1 saturated heterocycles. The van der Waals surface area contributed by atoms with E-state index in [1.165, 1.54) is 23.6 Å². The summed E-state index contributed by atoms with van der Waals surface area (Å²) in [6, 6.07) is 17.6. The van der Waals surface area contributed by atoms with Crippen molar-refractivity contribution < 1.29 is 32.7 Å². The highest BCUT2D eigenvalue weighted by Gasteiger charge is 2.56. The highest BCUT2D eigenvalue weighted by Crippen LogP contribution is 2.56. The molecule has 0 saturated carbocycles. The first-order valence-electron chi connectivity index (χ1n) is 11.1. The van der Waals surface area contributed by atoms with E-state index in [2.05, 4.69) is 4.99 Å². The number of ether oxygens (including phenoxy) is 2. The van der Waals surface area contributed by atoms with Crippen molar-refractivity contribution in [2.45, 2.75) is 31.9 Å². The number of benzene rings is 2. The van der Waals surface area contributed by atoms with E-state index in [9.17, 15) is 14.2 Å². The predicted octanol–water partition coefficient (Wildman–Crippen LogP) is 5.12. The number of hydrogen-bond acceptors (Lipinski definition) is 9. The summed E-state index contributed by atoms with van der Waals surface area (Å²) in [5, 5.41) is 0.101. The number of carbonyl (C=O) groups excluding carboxylic acids is 2. The van der Waals surface area contributed by atoms with E-state index in [0.29, 0.717) is 10.8 Å². The minimum absolute atomic E-state index is 0.0314. The fraction of sp³-hybridized carbons (Fsp3) is 0.292. The number of thioether (sulfide) groups is 1. The third kappa shape index (κ3) is 6.13. The summed E-state index contributed by atoms with van der Waals surface area (Å²) < 4.78 is 33.9. The summed E-state index contributed by atoms with van der Waals surface area (Å²) in [6.07, 6.45) is 0. The average molecular weight is 551 g/mol. The number of carbonyl (C=O) groups is 2. The molecule has 190 valence electrons. The second kappa shape index (κ2) is 11.5. The highest BCUT2D eigenvalue weighted by atomic mass is 35.7. The van der Waals surface area contributed by atoms with Crippen LogP contribution in [0.25, 0.3) is 0 Å². The molecule has 0 aliphatic carbocycles. The number of esters is 1. The maximum absolute atomic E-state index is 13.2. The first kappa shape index (κ1) is 26.3. The second-order valence-corrected chi connectivity index (χ2v) is 11.4. The lowest BCUT2D eigenvalue weighted by molar-refractivity contribution is -0.151. The Morgan fingerprint density at radius 1 is 1.11 bits per heavy atom. The topological polar surface area (TPSA) is 104 Å². The van der Waals surface area contributed by atoms with Crippen molar-refractivity contribution in [1.29, 1.82) is 0 Å². The zero-order valence-electron chi connectivity index (χ0n) is 19.5. The van der Waals surface area contributed by atoms with E-state index in [0.717, 1.165) is 5.56 Å². The third-order valence-electron chi connectivity index (χ3n) is 5.17. The standard InChI is InChI=1S/C24H24ClN2O7PS/c1-3-33-35(25,30)34-16(2)21(24(29)32-14-17-10-6-4-7-11-17)27-22(28)20-23(27)36-19(26-20)15-31-18-12-8-5-9-13-18/h4-13,20,23H,3,14-15H2,1-2H3. The van der Waals surface area contributed by atoms with Gasteiger partial charge in [0.25, 0.3) is 5.91 Å². The first-order chi connectivity index (χ1) is 17.3. The van der Waals surface area contributed by atoms with E-state index in [1.54, 1.807) is 19.1 Å². The Kier molecular flexibility index (Phi) is 8.41. The number of amides is 1. The number of rotatable bonds is 11. The zero-order valence-corrected chi connectivity index (χ0v) is 22.0. The number of aliphatic imine (C=N–C) groups is 1. The Morgan fingerprint density at radius 2 is 1.78 bits per heavy atom. The molecule has 2 aliphatic rings. The molecule has 2 aromatic carbocycles. The van der Waals surface area contributed by atoms with Gasteiger partial charge in [0.15, 0.2) is 11.7 Å². The van der Waals surface area contributed by atoms with Gasteiger partial charge in [0.1, 0.15) is 35.1 Å². The summed E-state index contributed by atoms with van der Waals surface area (Å²) in [5.41, 5.74) is 0.554. The molecule has 1 fully saturated rings. The largest absolute Gasteiger partial charge is 0.487 e. The van der Waals surface area contributed by atoms with Crippen molar-refractivity contribution in [1.82, 2.24) is 4.90 Å². The molecule has 12 heteroatoms. The number of nitrogens with zero attached hydrogens (tertiary/aromatic N) is 2. The molecule has 2 aliphatic heterocycles. The van der Waals surface area contributed by atoms with Gasteiger partial charge in [-0.25, -0.2) is 9.36 Å². The number of halogens is 1. The monoisotopic (exact) mass is 550 g/mol. The molecule has 4 rings (SSSR count). The number of β-lactam (4-membered cyclic amide) rings is 1. The van der Waals surface area contributed by atoms with Crippen molar-refractivity contribution in [2.75, 3.05) is 13.2 Å². The van der Waals surface area contributed by atoms with Crippen LogP contribution in [0.2, 0.25) is 0 Å². The maximum atomic E-state index is 13.2. The van der Waals surface area contributed by atoms with Crippen molar-refractivity contribution in [2.24, 2.45) is 4.99 Å². The molecule has 2 heterocycles. The molecule has 3 unspecified atom stereocenters. The van der Waals surface area contributed by atoms with Crippen LogP contribution < -0.4 is 4.74 Å². The van der Waals surface area contributed by atoms with Crippen LogP contribution in [0, 0.1) is 0 Å². The average Bonchev–Trinajstić information content (AvgIpc) is 3.24. The third-order valence-corrected chi connectivity index (χ3v) is 7.93. The van der Waals surface area contributed by atoms with Gasteiger partial charge in [-0.15, -0.1) is 0 Å². The first-order valence-corrected chi connectivity index (χ1v) is 14.4. The Morgan fingerprint density at radius 3 is 2.44 bits per heavy atom. The lowest BCUT2D eigenvalue weighted by Gasteiger charge is -2.41. The van der Waals surface area contributed by atoms with Crippen LogP contribution in [0.15, 0.2) is 77.1 Å². The highest BCUT2D eigenvalue weighted by molar-refractivity contribution is 8.15. The van der Waals surface area contributed by atoms with Crippen LogP contribution in [0.1, 0.15) is 19.4 Å². The summed E-state index contributed by atoms with van der Waals surface area (Å²) >= 11 is 7.16. The number of likely N-dealkylation sites (tertiary alicyclic amines) is 1. The molecule has 1 amide bonds. The van der Waals surface area contributed by atoms with Crippen LogP contribution in [-0.2, 0) is 34.5 Å². The van der Waals surface area contributed by atoms with Crippen molar-refractivity contribution in [3.05, 3.63) is 77.7 Å². The minimum atomic E-state index is -4.04. The van der Waals surface area contributed by atoms with Crippen LogP contribution in [-0.4, -0.2) is 46.4 Å². The molecule has 0 radical (unpaired) electrons. The molecule has 0 N–H and O–H groups in total. The van der Waals surface area contributed by atoms with Gasteiger partial charge in [0.2, 0.25) is 0 Å². The molecular formula is C24H24ClN2O7PS. The van der Waals surface area contributed by atoms with Crippen molar-refractivity contribution in [3.8, 4) is 5.75 Å². The molecule has 3 atom stereocenters. The van der Waals surface area contributed by atoms with Crippen LogP contribution >= 0.6 is 30.0 Å². The SMILES string of the molecule is CCOP(=O)(Cl)OC(C)=C(C(=O)OCc1ccccc1)N1C(=O)C2N=C(COc3ccccc3)SC21. The fourth-order valence-electron chi connectivity index (χ4n) is 3.57. The summed E-state index contributed by atoms with van der Waals surface area (Å²) in [4.78, 5) is 31.9. The minimum Gasteiger partial charge on any atom is -0.487 e. The van der Waals surface area contributed by atoms with Gasteiger partial charge in [-0.05, 0) is 31.5 Å². The molecule has 9 nitrogen and oxygen atoms in total. The number of para-hydroxylation sites is 1. The van der Waals surface area contributed by atoms with Crippen LogP contribution in [0.3, 0.4) is 0 Å². The van der Waals surface area contributed by atoms with Crippen molar-refractivity contribution >= 4 is 46.9 Å². The van der Waals surface area contributed by atoms with Crippen LogP contribution in [0.5, 0.6) is 5.75 Å². The molecule has 0 spiro atoms. The van der Waals surface area contributed by atoms with Gasteiger partial charge in [-0.3, -0.25) is 19.2 Å². The summed E-state index contributed by atoms with van der Waals surface area (Å²) in [6.45, 7) is -0.878. The zero-order chi connectivity index (χ0) is 25.7. The van der Waals surface area contributed by atoms with Gasteiger partial charge in [0, 0.05) is 11.2 Å². The second-order valence-electron chi connectivity index (χ2n) is 7.69. The maximum Gasteiger partial charge on any atom is 0.476 e. The lowest BCUT2D eigenvalue weighted by Crippen LogP contribution is -2.61. The number of hydrogen-bond donors (Lipinski definition) is 0. The van der Waals surface area contributed by atoms with E-state index >= 15 is 0 Å². The van der Waals surface area contributed by atoms with Gasteiger partial charge in [-0.1, -0.05) is 60.3 Å². The molecule has 2 aromatic rings. The molecule has 36 heavy (non-hydrogen) atoms. The van der Waals surface area contributed by atoms with E-state index in [4.69, 9.17) is 29.8 Å². The van der Waals surface area contributed by atoms with Gasteiger partial charge < -0.3 is 14.0 Å². The van der Waals surface area contributed by atoms with Gasteiger partial charge in [0.05, 0.1) is 6.61 Å². The van der Waals surface area contributed by atoms with Gasteiger partial charge >= 0.3 is 12.9 Å². The Balaban J connectivity index is 1.51. The fourth-order valence-corrected chi connectivity index (χ4v) is 6.15. The predicted molar refractivity (Wildman–Crippen MR) is 136 cm³/mol.